The number of amides is 3. The van der Waals surface area contributed by atoms with Gasteiger partial charge >= 0.3 is 6.09 Å². The molecule has 0 aromatic heterocycles. The van der Waals surface area contributed by atoms with Crippen molar-refractivity contribution in [3.05, 3.63) is 175 Å². The highest BCUT2D eigenvalue weighted by atomic mass is 16.5. The molecule has 1 atom stereocenters. The number of benzene rings is 5. The van der Waals surface area contributed by atoms with Gasteiger partial charge in [-0.25, -0.2) is 9.37 Å². The van der Waals surface area contributed by atoms with E-state index < -0.39 is 6.09 Å². The van der Waals surface area contributed by atoms with Gasteiger partial charge in [0.1, 0.15) is 25.5 Å². The van der Waals surface area contributed by atoms with Crippen LogP contribution in [0.5, 0.6) is 0 Å². The van der Waals surface area contributed by atoms with E-state index in [4.69, 9.17) is 4.74 Å². The number of alkyl carbamates (subject to hydrolysis) is 1. The Morgan fingerprint density at radius 2 is 1.53 bits per heavy atom. The number of ketones is 1. The summed E-state index contributed by atoms with van der Waals surface area (Å²) >= 11 is 0. The number of fused-ring (bicyclic) bond motifs is 6. The molecular formula is C67H76N5O5+. The van der Waals surface area contributed by atoms with Crippen molar-refractivity contribution in [2.75, 3.05) is 56.2 Å². The number of carbonyl (C=O) groups is 4. The number of aryl methyl sites for hydroxylation is 1. The number of para-hydroxylation sites is 1. The maximum atomic E-state index is 14.8. The highest BCUT2D eigenvalue weighted by Gasteiger charge is 2.43. The molecule has 10 heteroatoms. The summed E-state index contributed by atoms with van der Waals surface area (Å²) in [7, 11) is 1.86. The third kappa shape index (κ3) is 10.5. The van der Waals surface area contributed by atoms with E-state index in [1.165, 1.54) is 55.2 Å². The van der Waals surface area contributed by atoms with Crippen molar-refractivity contribution in [1.82, 2.24) is 14.8 Å². The molecule has 0 radical (unpaired) electrons. The predicted octanol–water partition coefficient (Wildman–Crippen LogP) is 10.3. The van der Waals surface area contributed by atoms with Gasteiger partial charge in [-0.2, -0.15) is 0 Å². The number of ether oxygens (including phenoxy) is 1. The quantitative estimate of drug-likeness (QED) is 0.0600. The van der Waals surface area contributed by atoms with Gasteiger partial charge in [-0.15, -0.1) is 0 Å². The third-order valence-corrected chi connectivity index (χ3v) is 17.1. The monoisotopic (exact) mass is 1030 g/mol. The van der Waals surface area contributed by atoms with Gasteiger partial charge in [0, 0.05) is 103 Å². The maximum Gasteiger partial charge on any atom is 0.407 e. The molecule has 5 aromatic rings. The zero-order chi connectivity index (χ0) is 54.2. The van der Waals surface area contributed by atoms with E-state index >= 15 is 0 Å². The van der Waals surface area contributed by atoms with E-state index in [0.29, 0.717) is 62.2 Å². The number of hydrogen-bond acceptors (Lipinski definition) is 6. The van der Waals surface area contributed by atoms with Crippen molar-refractivity contribution in [3.63, 3.8) is 0 Å². The van der Waals surface area contributed by atoms with E-state index in [1.807, 2.05) is 67.7 Å². The first-order valence-corrected chi connectivity index (χ1v) is 28.3. The first kappa shape index (κ1) is 53.2. The molecule has 0 saturated heterocycles. The lowest BCUT2D eigenvalue weighted by Gasteiger charge is -2.48. The van der Waals surface area contributed by atoms with Crippen LogP contribution in [0.3, 0.4) is 0 Å². The molecule has 5 aromatic carbocycles. The predicted molar refractivity (Wildman–Crippen MR) is 308 cm³/mol. The van der Waals surface area contributed by atoms with E-state index in [1.54, 1.807) is 9.80 Å². The van der Waals surface area contributed by atoms with Gasteiger partial charge in [-0.1, -0.05) is 87.7 Å². The minimum Gasteiger partial charge on any atom is -0.445 e. The Kier molecular flexibility index (Phi) is 15.2. The second kappa shape index (κ2) is 22.0. The van der Waals surface area contributed by atoms with E-state index in [2.05, 4.69) is 105 Å². The minimum atomic E-state index is -0.628. The van der Waals surface area contributed by atoms with Gasteiger partial charge in [0.25, 0.3) is 5.91 Å². The van der Waals surface area contributed by atoms with Crippen LogP contribution in [-0.4, -0.2) is 80.5 Å². The van der Waals surface area contributed by atoms with Crippen LogP contribution in [0, 0.1) is 11.8 Å². The summed E-state index contributed by atoms with van der Waals surface area (Å²) in [6, 6.07) is 31.2. The molecular weight excluding hydrogens is 955 g/mol. The summed E-state index contributed by atoms with van der Waals surface area (Å²) in [5, 5.41) is 5.45. The van der Waals surface area contributed by atoms with E-state index in [9.17, 15) is 19.2 Å². The minimum absolute atomic E-state index is 0.0183. The van der Waals surface area contributed by atoms with Crippen LogP contribution in [0.1, 0.15) is 171 Å². The van der Waals surface area contributed by atoms with Crippen LogP contribution in [0.25, 0.3) is 5.57 Å². The number of anilines is 2. The summed E-state index contributed by atoms with van der Waals surface area (Å²) in [6.07, 6.45) is 7.35. The molecule has 3 amide bonds. The molecule has 0 saturated carbocycles. The van der Waals surface area contributed by atoms with Crippen LogP contribution in [0.2, 0.25) is 0 Å². The Hall–Kier alpha value is -7.25. The highest BCUT2D eigenvalue weighted by Crippen LogP contribution is 2.50. The number of hydrogen-bond donors (Lipinski definition) is 1. The number of rotatable bonds is 16. The van der Waals surface area contributed by atoms with Crippen LogP contribution in [0.4, 0.5) is 16.2 Å². The van der Waals surface area contributed by atoms with Crippen molar-refractivity contribution in [1.29, 1.82) is 0 Å². The van der Waals surface area contributed by atoms with E-state index in [-0.39, 0.29) is 48.1 Å². The lowest BCUT2D eigenvalue weighted by atomic mass is 9.64. The Balaban J connectivity index is 0.764. The van der Waals surface area contributed by atoms with Gasteiger partial charge < -0.3 is 24.8 Å². The van der Waals surface area contributed by atoms with Gasteiger partial charge in [0.15, 0.2) is 0 Å². The van der Waals surface area contributed by atoms with Crippen molar-refractivity contribution >= 4 is 40.6 Å². The molecule has 1 aliphatic carbocycles. The molecule has 1 N–H and O–H groups in total. The number of Topliss-reactive ketones (excluding diaryl/α,β-unsaturated/α-hetero) is 1. The Morgan fingerprint density at radius 3 is 2.34 bits per heavy atom. The summed E-state index contributed by atoms with van der Waals surface area (Å²) in [5.74, 6) is 6.77. The van der Waals surface area contributed by atoms with Gasteiger partial charge in [0.2, 0.25) is 11.3 Å². The Bertz CT molecular complexity index is 3410. The van der Waals surface area contributed by atoms with Crippen LogP contribution >= 0.6 is 0 Å². The number of nitrogens with zero attached hydrogens (tertiary/aromatic N) is 4. The molecule has 1 unspecified atom stereocenters. The summed E-state index contributed by atoms with van der Waals surface area (Å²) in [4.78, 5) is 60.4. The van der Waals surface area contributed by atoms with Crippen LogP contribution < -0.4 is 30.3 Å². The molecule has 0 spiro atoms. The SMILES string of the molecule is C=C(CCCC(=O)CCCN(C)C(=O)c1ccccc1C1=c2cc3c4c(c2C(C)(C)c2cc5c(cc21)C(C)CC(C)(C)N5CC)CCC[N+]=4CCC3)COC(=O)NCCC(=O)N1Cc2ccccc2C#Cc2ccccc21. The fourth-order valence-electron chi connectivity index (χ4n) is 13.5. The zero-order valence-electron chi connectivity index (χ0n) is 46.5. The van der Waals surface area contributed by atoms with E-state index in [0.717, 1.165) is 79.7 Å². The highest BCUT2D eigenvalue weighted by molar-refractivity contribution is 6.02. The van der Waals surface area contributed by atoms with Gasteiger partial charge in [-0.05, 0) is 157 Å². The zero-order valence-corrected chi connectivity index (χ0v) is 46.5. The molecule has 0 bridgehead atoms. The smallest absolute Gasteiger partial charge is 0.407 e. The summed E-state index contributed by atoms with van der Waals surface area (Å²) in [6.45, 7) is 22.5. The molecule has 10 nitrogen and oxygen atoms in total. The Labute approximate surface area is 455 Å². The second-order valence-electron chi connectivity index (χ2n) is 23.3. The average molecular weight is 1030 g/mol. The molecule has 77 heavy (non-hydrogen) atoms. The average Bonchev–Trinajstić information content (AvgIpc) is 3.60. The number of carbonyl (C=O) groups excluding carboxylic acids is 4. The van der Waals surface area contributed by atoms with Crippen molar-refractivity contribution < 1.29 is 23.9 Å². The largest absolute Gasteiger partial charge is 0.445 e. The summed E-state index contributed by atoms with van der Waals surface area (Å²) < 4.78 is 8.08. The number of nitrogens with one attached hydrogen (secondary N) is 1. The summed E-state index contributed by atoms with van der Waals surface area (Å²) in [5.41, 5.74) is 16.3. The van der Waals surface area contributed by atoms with Crippen molar-refractivity contribution in [2.45, 2.75) is 136 Å². The molecule has 10 rings (SSSR count). The normalized spacial score (nSPS) is 17.1. The van der Waals surface area contributed by atoms with Crippen LogP contribution in [-0.2, 0) is 39.1 Å². The molecule has 4 aliphatic heterocycles. The van der Waals surface area contributed by atoms with Crippen molar-refractivity contribution in [2.24, 2.45) is 0 Å². The fourth-order valence-corrected chi connectivity index (χ4v) is 13.5. The molecule has 398 valence electrons. The Morgan fingerprint density at radius 1 is 0.818 bits per heavy atom. The van der Waals surface area contributed by atoms with Gasteiger partial charge in [-0.3, -0.25) is 14.4 Å². The fraction of sp³-hybridized carbons (Fsp3) is 0.418. The topological polar surface area (TPSA) is 102 Å². The third-order valence-electron chi connectivity index (χ3n) is 17.1. The standard InChI is InChI=1S/C67H75N5O5/c1-9-72-59-40-57-55(39-54(59)45(3)41-66(72,4)5)61(56-38-48-24-17-36-70-37-19-29-53(63(48)70)62(56)67(57,6)7)51-27-13-14-28-52(51)64(75)69(8)35-18-26-50(73)25-16-20-44(2)43-77-65(76)68-34-33-60(74)71-42-49-23-11-10-21-46(49)31-32-47-22-12-15-30-58(47)71/h10-15,21-23,27-28,30,38-40,45H,2,9,16-20,24-26,29,33-37,41-43H2,1,3-8H3/p+1. The molecule has 5 aliphatic rings. The lowest BCUT2D eigenvalue weighted by Crippen LogP contribution is -2.50. The maximum absolute atomic E-state index is 14.8. The first-order valence-electron chi connectivity index (χ1n) is 28.3. The lowest BCUT2D eigenvalue weighted by molar-refractivity contribution is -0.119. The second-order valence-corrected chi connectivity index (χ2v) is 23.3. The first-order chi connectivity index (χ1) is 37.0. The molecule has 4 heterocycles. The van der Waals surface area contributed by atoms with Crippen LogP contribution in [0.15, 0.2) is 103 Å². The molecule has 0 fully saturated rings. The van der Waals surface area contributed by atoms with Gasteiger partial charge in [0.05, 0.1) is 12.2 Å². The van der Waals surface area contributed by atoms with Crippen molar-refractivity contribution in [3.8, 4) is 11.8 Å².